The number of sulfonamides is 2. The van der Waals surface area contributed by atoms with Crippen LogP contribution in [0.5, 0.6) is 0 Å². The first-order chi connectivity index (χ1) is 14.3. The smallest absolute Gasteiger partial charge is 0.379 e. The maximum absolute atomic E-state index is 13.5. The predicted octanol–water partition coefficient (Wildman–Crippen LogP) is 2.97. The van der Waals surface area contributed by atoms with Crippen LogP contribution in [0, 0.1) is 12.7 Å². The fraction of sp³-hybridized carbons (Fsp3) is 0.333. The molecule has 7 nitrogen and oxygen atoms in total. The molecule has 170 valence electrons. The maximum atomic E-state index is 13.5. The van der Waals surface area contributed by atoms with Crippen molar-refractivity contribution in [3.8, 4) is 0 Å². The first-order valence-electron chi connectivity index (χ1n) is 8.90. The van der Waals surface area contributed by atoms with Gasteiger partial charge in [0.1, 0.15) is 5.82 Å². The van der Waals surface area contributed by atoms with Crippen molar-refractivity contribution in [3.63, 3.8) is 0 Å². The molecule has 1 N–H and O–H groups in total. The summed E-state index contributed by atoms with van der Waals surface area (Å²) in [5, 5.41) is 0. The first kappa shape index (κ1) is 23.4. The van der Waals surface area contributed by atoms with Gasteiger partial charge in [0, 0.05) is 13.1 Å². The highest BCUT2D eigenvalue weighted by Gasteiger charge is 2.35. The number of ether oxygens (including phenoxy) is 1. The molecule has 2 aromatic rings. The van der Waals surface area contributed by atoms with E-state index in [-0.39, 0.29) is 43.0 Å². The summed E-state index contributed by atoms with van der Waals surface area (Å²) in [6.45, 7) is 2.23. The largest absolute Gasteiger partial charge is 0.419 e. The van der Waals surface area contributed by atoms with Gasteiger partial charge in [0.15, 0.2) is 0 Å². The number of rotatable bonds is 5. The van der Waals surface area contributed by atoms with Crippen molar-refractivity contribution in [1.82, 2.24) is 4.31 Å². The fourth-order valence-corrected chi connectivity index (χ4v) is 5.70. The van der Waals surface area contributed by atoms with Gasteiger partial charge in [0.2, 0.25) is 10.0 Å². The van der Waals surface area contributed by atoms with E-state index in [1.54, 1.807) is 0 Å². The highest BCUT2D eigenvalue weighted by molar-refractivity contribution is 7.92. The van der Waals surface area contributed by atoms with E-state index in [0.717, 1.165) is 6.07 Å². The van der Waals surface area contributed by atoms with Crippen molar-refractivity contribution < 1.29 is 39.1 Å². The number of nitrogens with one attached hydrogen (secondary N) is 1. The standard InChI is InChI=1S/C18H18F4N2O5S2/c1-12-2-3-13(10-17(12)31(27,28)24-6-8-29-9-7-24)23-30(25,26)14-4-5-16(19)15(11-14)18(20,21)22/h2-5,10-11,23H,6-9H2,1H3. The summed E-state index contributed by atoms with van der Waals surface area (Å²) in [4.78, 5) is -0.968. The van der Waals surface area contributed by atoms with Gasteiger partial charge in [0.25, 0.3) is 10.0 Å². The summed E-state index contributed by atoms with van der Waals surface area (Å²) in [6, 6.07) is 5.01. The van der Waals surface area contributed by atoms with E-state index in [4.69, 9.17) is 4.74 Å². The number of morpholine rings is 1. The summed E-state index contributed by atoms with van der Waals surface area (Å²) >= 11 is 0. The van der Waals surface area contributed by atoms with Crippen LogP contribution in [0.15, 0.2) is 46.2 Å². The normalized spacial score (nSPS) is 16.3. The molecule has 31 heavy (non-hydrogen) atoms. The Kier molecular flexibility index (Phi) is 6.33. The van der Waals surface area contributed by atoms with Crippen LogP contribution in [0.4, 0.5) is 23.2 Å². The van der Waals surface area contributed by atoms with E-state index < -0.39 is 42.5 Å². The summed E-state index contributed by atoms with van der Waals surface area (Å²) in [5.74, 6) is -1.61. The van der Waals surface area contributed by atoms with E-state index in [0.29, 0.717) is 17.7 Å². The molecule has 0 saturated carbocycles. The molecule has 1 aliphatic rings. The highest BCUT2D eigenvalue weighted by atomic mass is 32.2. The fourth-order valence-electron chi connectivity index (χ4n) is 2.97. The average molecular weight is 482 g/mol. The molecule has 2 aromatic carbocycles. The zero-order chi connectivity index (χ0) is 23.0. The summed E-state index contributed by atoms with van der Waals surface area (Å²) in [5.41, 5.74) is -1.54. The Morgan fingerprint density at radius 2 is 1.65 bits per heavy atom. The molecule has 0 aromatic heterocycles. The van der Waals surface area contributed by atoms with Crippen molar-refractivity contribution in [3.05, 3.63) is 53.3 Å². The molecule has 13 heteroatoms. The second-order valence-electron chi connectivity index (χ2n) is 6.74. The molecule has 0 atom stereocenters. The SMILES string of the molecule is Cc1ccc(NS(=O)(=O)c2ccc(F)c(C(F)(F)F)c2)cc1S(=O)(=O)N1CCOCC1. The van der Waals surface area contributed by atoms with Gasteiger partial charge < -0.3 is 4.74 Å². The monoisotopic (exact) mass is 482 g/mol. The Hall–Kier alpha value is -2.22. The van der Waals surface area contributed by atoms with Crippen LogP contribution >= 0.6 is 0 Å². The van der Waals surface area contributed by atoms with Crippen LogP contribution in [0.25, 0.3) is 0 Å². The number of aryl methyl sites for hydroxylation is 1. The first-order valence-corrected chi connectivity index (χ1v) is 11.8. The second kappa shape index (κ2) is 8.37. The number of anilines is 1. The minimum Gasteiger partial charge on any atom is -0.379 e. The second-order valence-corrected chi connectivity index (χ2v) is 10.3. The van der Waals surface area contributed by atoms with Crippen molar-refractivity contribution in [2.45, 2.75) is 22.9 Å². The minimum atomic E-state index is -5.08. The third kappa shape index (κ3) is 5.00. The number of halogens is 4. The molecule has 0 amide bonds. The average Bonchev–Trinajstić information content (AvgIpc) is 2.69. The Morgan fingerprint density at radius 1 is 1.00 bits per heavy atom. The summed E-state index contributed by atoms with van der Waals surface area (Å²) < 4.78 is 112. The zero-order valence-electron chi connectivity index (χ0n) is 16.1. The molecule has 0 radical (unpaired) electrons. The van der Waals surface area contributed by atoms with E-state index in [1.807, 2.05) is 0 Å². The van der Waals surface area contributed by atoms with Gasteiger partial charge in [-0.05, 0) is 42.8 Å². The molecule has 1 saturated heterocycles. The highest BCUT2D eigenvalue weighted by Crippen LogP contribution is 2.33. The molecule has 0 bridgehead atoms. The van der Waals surface area contributed by atoms with Gasteiger partial charge in [-0.1, -0.05) is 6.07 Å². The predicted molar refractivity (Wildman–Crippen MR) is 103 cm³/mol. The Balaban J connectivity index is 1.95. The summed E-state index contributed by atoms with van der Waals surface area (Å²) in [7, 11) is -8.50. The third-order valence-electron chi connectivity index (χ3n) is 4.58. The lowest BCUT2D eigenvalue weighted by Crippen LogP contribution is -2.40. The number of nitrogens with zero attached hydrogens (tertiary/aromatic N) is 1. The van der Waals surface area contributed by atoms with E-state index in [9.17, 15) is 34.4 Å². The van der Waals surface area contributed by atoms with Crippen molar-refractivity contribution >= 4 is 25.7 Å². The Labute approximate surface area is 176 Å². The molecular formula is C18H18F4N2O5S2. The number of benzene rings is 2. The van der Waals surface area contributed by atoms with Gasteiger partial charge in [-0.3, -0.25) is 4.72 Å². The van der Waals surface area contributed by atoms with Gasteiger partial charge >= 0.3 is 6.18 Å². The maximum Gasteiger partial charge on any atom is 0.419 e. The molecule has 0 unspecified atom stereocenters. The van der Waals surface area contributed by atoms with E-state index in [2.05, 4.69) is 4.72 Å². The molecule has 1 heterocycles. The summed E-state index contributed by atoms with van der Waals surface area (Å²) in [6.07, 6.45) is -5.08. The molecule has 0 spiro atoms. The minimum absolute atomic E-state index is 0.132. The molecule has 0 aliphatic carbocycles. The molecular weight excluding hydrogens is 464 g/mol. The van der Waals surface area contributed by atoms with E-state index in [1.165, 1.54) is 23.4 Å². The number of hydrogen-bond donors (Lipinski definition) is 1. The van der Waals surface area contributed by atoms with Gasteiger partial charge in [-0.25, -0.2) is 21.2 Å². The third-order valence-corrected chi connectivity index (χ3v) is 8.00. The Morgan fingerprint density at radius 3 is 2.26 bits per heavy atom. The number of alkyl halides is 3. The lowest BCUT2D eigenvalue weighted by Gasteiger charge is -2.27. The van der Waals surface area contributed by atoms with E-state index >= 15 is 0 Å². The quantitative estimate of drug-likeness (QED) is 0.662. The lowest BCUT2D eigenvalue weighted by molar-refractivity contribution is -0.140. The zero-order valence-corrected chi connectivity index (χ0v) is 17.7. The molecule has 1 aliphatic heterocycles. The van der Waals surface area contributed by atoms with Crippen LogP contribution in [0.1, 0.15) is 11.1 Å². The van der Waals surface area contributed by atoms with Crippen LogP contribution in [0.3, 0.4) is 0 Å². The van der Waals surface area contributed by atoms with Crippen LogP contribution in [0.2, 0.25) is 0 Å². The molecule has 1 fully saturated rings. The molecule has 3 rings (SSSR count). The lowest BCUT2D eigenvalue weighted by atomic mass is 10.2. The van der Waals surface area contributed by atoms with Gasteiger partial charge in [0.05, 0.1) is 34.3 Å². The van der Waals surface area contributed by atoms with Crippen molar-refractivity contribution in [1.29, 1.82) is 0 Å². The number of hydrogen-bond acceptors (Lipinski definition) is 5. The van der Waals surface area contributed by atoms with Crippen LogP contribution in [-0.4, -0.2) is 47.4 Å². The Bertz CT molecular complexity index is 1190. The van der Waals surface area contributed by atoms with Gasteiger partial charge in [-0.2, -0.15) is 17.5 Å². The topological polar surface area (TPSA) is 92.8 Å². The van der Waals surface area contributed by atoms with Gasteiger partial charge in [-0.15, -0.1) is 0 Å². The van der Waals surface area contributed by atoms with Crippen LogP contribution in [-0.2, 0) is 31.0 Å². The van der Waals surface area contributed by atoms with Crippen molar-refractivity contribution in [2.75, 3.05) is 31.0 Å². The van der Waals surface area contributed by atoms with Crippen molar-refractivity contribution in [2.24, 2.45) is 0 Å². The van der Waals surface area contributed by atoms with Crippen LogP contribution < -0.4 is 4.72 Å².